The Morgan fingerprint density at radius 2 is 1.96 bits per heavy atom. The van der Waals surface area contributed by atoms with Crippen molar-refractivity contribution >= 4 is 29.9 Å². The van der Waals surface area contributed by atoms with Gasteiger partial charge >= 0.3 is 0 Å². The van der Waals surface area contributed by atoms with Crippen molar-refractivity contribution in [3.63, 3.8) is 0 Å². The fraction of sp³-hybridized carbons (Fsp3) is 0.529. The number of carbonyl (C=O) groups is 2. The van der Waals surface area contributed by atoms with Crippen molar-refractivity contribution in [1.29, 1.82) is 0 Å². The zero-order valence-electron chi connectivity index (χ0n) is 14.0. The van der Waals surface area contributed by atoms with Crippen LogP contribution in [0.2, 0.25) is 0 Å². The van der Waals surface area contributed by atoms with Gasteiger partial charge in [-0.2, -0.15) is 0 Å². The molecule has 0 saturated carbocycles. The lowest BCUT2D eigenvalue weighted by Crippen LogP contribution is -2.51. The van der Waals surface area contributed by atoms with Crippen molar-refractivity contribution in [2.45, 2.75) is 32.2 Å². The maximum atomic E-state index is 12.4. The fourth-order valence-electron chi connectivity index (χ4n) is 2.62. The summed E-state index contributed by atoms with van der Waals surface area (Å²) in [5.74, 6) is -0.148. The van der Waals surface area contributed by atoms with Crippen molar-refractivity contribution in [2.75, 3.05) is 32.0 Å². The van der Waals surface area contributed by atoms with Crippen LogP contribution in [0.25, 0.3) is 0 Å². The van der Waals surface area contributed by atoms with Crippen LogP contribution >= 0.6 is 12.4 Å². The first kappa shape index (κ1) is 20.3. The first-order chi connectivity index (χ1) is 11.1. The number of para-hydroxylation sites is 1. The van der Waals surface area contributed by atoms with E-state index >= 15 is 0 Å². The third-order valence-corrected chi connectivity index (χ3v) is 4.04. The number of amides is 2. The second kappa shape index (κ2) is 10.2. The molecule has 7 heteroatoms. The first-order valence-electron chi connectivity index (χ1n) is 8.11. The number of nitrogens with zero attached hydrogens (tertiary/aromatic N) is 1. The monoisotopic (exact) mass is 355 g/mol. The highest BCUT2D eigenvalue weighted by Crippen LogP contribution is 2.12. The number of aryl methyl sites for hydroxylation is 1. The van der Waals surface area contributed by atoms with Gasteiger partial charge in [-0.3, -0.25) is 9.59 Å². The van der Waals surface area contributed by atoms with Gasteiger partial charge in [0.05, 0.1) is 13.2 Å². The van der Waals surface area contributed by atoms with Crippen LogP contribution in [0.4, 0.5) is 5.69 Å². The van der Waals surface area contributed by atoms with Gasteiger partial charge in [0, 0.05) is 25.2 Å². The van der Waals surface area contributed by atoms with Gasteiger partial charge in [-0.05, 0) is 24.5 Å². The van der Waals surface area contributed by atoms with Gasteiger partial charge in [0.25, 0.3) is 0 Å². The molecule has 2 amide bonds. The number of halogens is 1. The lowest BCUT2D eigenvalue weighted by molar-refractivity contribution is -0.140. The number of nitrogen functional groups attached to an aromatic ring is 1. The summed E-state index contributed by atoms with van der Waals surface area (Å²) in [4.78, 5) is 26.3. The third-order valence-electron chi connectivity index (χ3n) is 4.04. The van der Waals surface area contributed by atoms with Crippen LogP contribution in [0.5, 0.6) is 0 Å². The van der Waals surface area contributed by atoms with Crippen molar-refractivity contribution < 1.29 is 14.3 Å². The smallest absolute Gasteiger partial charge is 0.245 e. The molecule has 1 unspecified atom stereocenters. The van der Waals surface area contributed by atoms with Crippen molar-refractivity contribution in [3.05, 3.63) is 29.8 Å². The molecule has 1 fully saturated rings. The van der Waals surface area contributed by atoms with E-state index in [2.05, 4.69) is 5.32 Å². The number of anilines is 1. The van der Waals surface area contributed by atoms with E-state index in [0.29, 0.717) is 51.3 Å². The van der Waals surface area contributed by atoms with Crippen LogP contribution in [0, 0.1) is 0 Å². The lowest BCUT2D eigenvalue weighted by atomic mass is 10.1. The summed E-state index contributed by atoms with van der Waals surface area (Å²) in [7, 11) is 0. The maximum Gasteiger partial charge on any atom is 0.245 e. The molecule has 0 bridgehead atoms. The van der Waals surface area contributed by atoms with Crippen molar-refractivity contribution in [3.8, 4) is 0 Å². The predicted octanol–water partition coefficient (Wildman–Crippen LogP) is 1.38. The number of nitrogens with two attached hydrogens (primary N) is 1. The number of rotatable bonds is 6. The number of carbonyl (C=O) groups excluding carboxylic acids is 2. The standard InChI is InChI=1S/C17H25N3O3.ClH/c1-2-15(17(22)20-9-11-23-12-10-20)19-16(21)8-7-13-5-3-4-6-14(13)18;/h3-6,15H,2,7-12,18H2,1H3,(H,19,21);1H. The van der Waals surface area contributed by atoms with Gasteiger partial charge in [0.2, 0.25) is 11.8 Å². The number of benzene rings is 1. The summed E-state index contributed by atoms with van der Waals surface area (Å²) < 4.78 is 5.25. The lowest BCUT2D eigenvalue weighted by Gasteiger charge is -2.30. The molecule has 2 rings (SSSR count). The number of hydrogen-bond donors (Lipinski definition) is 2. The Labute approximate surface area is 149 Å². The molecule has 134 valence electrons. The molecule has 1 heterocycles. The molecule has 1 aromatic carbocycles. The van der Waals surface area contributed by atoms with E-state index in [9.17, 15) is 9.59 Å². The number of morpholine rings is 1. The van der Waals surface area contributed by atoms with Gasteiger partial charge in [0.1, 0.15) is 6.04 Å². The molecular weight excluding hydrogens is 330 g/mol. The van der Waals surface area contributed by atoms with Crippen LogP contribution in [0.1, 0.15) is 25.3 Å². The van der Waals surface area contributed by atoms with Gasteiger partial charge in [-0.1, -0.05) is 25.1 Å². The van der Waals surface area contributed by atoms with Crippen LogP contribution in [0.15, 0.2) is 24.3 Å². The number of hydrogen-bond acceptors (Lipinski definition) is 4. The predicted molar refractivity (Wildman–Crippen MR) is 96.0 cm³/mol. The molecule has 0 radical (unpaired) electrons. The Morgan fingerprint density at radius 1 is 1.29 bits per heavy atom. The summed E-state index contributed by atoms with van der Waals surface area (Å²) in [6.07, 6.45) is 1.47. The minimum Gasteiger partial charge on any atom is -0.399 e. The normalized spacial score (nSPS) is 15.3. The van der Waals surface area contributed by atoms with Crippen LogP contribution in [-0.2, 0) is 20.7 Å². The summed E-state index contributed by atoms with van der Waals surface area (Å²) in [5.41, 5.74) is 7.52. The summed E-state index contributed by atoms with van der Waals surface area (Å²) in [5, 5.41) is 2.84. The van der Waals surface area contributed by atoms with Gasteiger partial charge in [0.15, 0.2) is 0 Å². The molecule has 0 spiro atoms. The average molecular weight is 356 g/mol. The van der Waals surface area contributed by atoms with Gasteiger partial charge in [-0.15, -0.1) is 12.4 Å². The zero-order valence-corrected chi connectivity index (χ0v) is 14.8. The second-order valence-electron chi connectivity index (χ2n) is 5.66. The number of nitrogens with one attached hydrogen (secondary N) is 1. The Bertz CT molecular complexity index is 548. The summed E-state index contributed by atoms with van der Waals surface area (Å²) >= 11 is 0. The van der Waals surface area contributed by atoms with Crippen LogP contribution in [0.3, 0.4) is 0 Å². The third kappa shape index (κ3) is 5.69. The topological polar surface area (TPSA) is 84.7 Å². The molecule has 0 aromatic heterocycles. The highest BCUT2D eigenvalue weighted by molar-refractivity contribution is 5.87. The highest BCUT2D eigenvalue weighted by atomic mass is 35.5. The van der Waals surface area contributed by atoms with E-state index in [1.807, 2.05) is 31.2 Å². The molecule has 6 nitrogen and oxygen atoms in total. The molecule has 3 N–H and O–H groups in total. The van der Waals surface area contributed by atoms with Crippen molar-refractivity contribution in [1.82, 2.24) is 10.2 Å². The van der Waals surface area contributed by atoms with E-state index in [1.54, 1.807) is 4.90 Å². The summed E-state index contributed by atoms with van der Waals surface area (Å²) in [6.45, 7) is 4.20. The van der Waals surface area contributed by atoms with Crippen LogP contribution in [-0.4, -0.2) is 49.1 Å². The van der Waals surface area contributed by atoms with Crippen molar-refractivity contribution in [2.24, 2.45) is 0 Å². The zero-order chi connectivity index (χ0) is 16.7. The van der Waals surface area contributed by atoms with Crippen LogP contribution < -0.4 is 11.1 Å². The van der Waals surface area contributed by atoms with E-state index in [0.717, 1.165) is 5.56 Å². The molecule has 0 aliphatic carbocycles. The maximum absolute atomic E-state index is 12.4. The van der Waals surface area contributed by atoms with E-state index in [-0.39, 0.29) is 24.2 Å². The second-order valence-corrected chi connectivity index (χ2v) is 5.66. The molecule has 1 aliphatic rings. The van der Waals surface area contributed by atoms with E-state index < -0.39 is 6.04 Å². The Balaban J connectivity index is 0.00000288. The van der Waals surface area contributed by atoms with E-state index in [1.165, 1.54) is 0 Å². The molecular formula is C17H26ClN3O3. The fourth-order valence-corrected chi connectivity index (χ4v) is 2.62. The molecule has 24 heavy (non-hydrogen) atoms. The van der Waals surface area contributed by atoms with Gasteiger partial charge < -0.3 is 20.7 Å². The largest absolute Gasteiger partial charge is 0.399 e. The van der Waals surface area contributed by atoms with E-state index in [4.69, 9.17) is 10.5 Å². The minimum atomic E-state index is -0.464. The minimum absolute atomic E-state index is 0. The molecule has 1 aromatic rings. The quantitative estimate of drug-likeness (QED) is 0.755. The average Bonchev–Trinajstić information content (AvgIpc) is 2.59. The first-order valence-corrected chi connectivity index (χ1v) is 8.11. The van der Waals surface area contributed by atoms with Gasteiger partial charge in [-0.25, -0.2) is 0 Å². The SMILES string of the molecule is CCC(NC(=O)CCc1ccccc1N)C(=O)N1CCOCC1.Cl. The summed E-state index contributed by atoms with van der Waals surface area (Å²) in [6, 6.07) is 7.05. The Morgan fingerprint density at radius 3 is 2.58 bits per heavy atom. The number of ether oxygens (including phenoxy) is 1. The Hall–Kier alpha value is -1.79. The highest BCUT2D eigenvalue weighted by Gasteiger charge is 2.25. The molecule has 1 atom stereocenters. The molecule has 1 aliphatic heterocycles. The molecule has 1 saturated heterocycles. The Kier molecular flexibility index (Phi) is 8.57.